The van der Waals surface area contributed by atoms with Gasteiger partial charge in [0.2, 0.25) is 0 Å². The maximum Gasteiger partial charge on any atom is 0.159 e. The average Bonchev–Trinajstić information content (AvgIpc) is 3.79. The molecule has 0 amide bonds. The standard InChI is InChI=1S/C54H33N3O/c1-3-16-34(17-4-1)36-32-44(35-18-5-2-6-19-35)55-50(33-36)56-47-28-13-14-29-49(47)58-53-48(56)31-30-42-51(53)39-21-7-9-23-40(39)54(42)41-24-10-12-27-46(41)57-45-26-11-8-20-37(45)38-22-15-25-43(54)52(38)57/h1-33H. The molecule has 0 saturated heterocycles. The van der Waals surface area contributed by atoms with Gasteiger partial charge in [0.05, 0.1) is 39.2 Å². The van der Waals surface area contributed by atoms with Crippen molar-refractivity contribution >= 4 is 39.0 Å². The van der Waals surface area contributed by atoms with Crippen molar-refractivity contribution in [1.82, 2.24) is 9.55 Å². The van der Waals surface area contributed by atoms with E-state index < -0.39 is 5.41 Å². The molecule has 0 saturated carbocycles. The van der Waals surface area contributed by atoms with Crippen LogP contribution in [-0.2, 0) is 5.41 Å². The average molecular weight is 740 g/mol. The first kappa shape index (κ1) is 31.5. The summed E-state index contributed by atoms with van der Waals surface area (Å²) in [6, 6.07) is 72.1. The molecule has 8 aromatic carbocycles. The van der Waals surface area contributed by atoms with Crippen molar-refractivity contribution in [2.75, 3.05) is 4.90 Å². The van der Waals surface area contributed by atoms with Crippen LogP contribution in [0.1, 0.15) is 22.3 Å². The third-order valence-corrected chi connectivity index (χ3v) is 12.6. The Morgan fingerprint density at radius 2 is 1.12 bits per heavy atom. The van der Waals surface area contributed by atoms with Crippen molar-refractivity contribution < 1.29 is 4.74 Å². The molecule has 270 valence electrons. The Labute approximate surface area is 335 Å². The van der Waals surface area contributed by atoms with E-state index in [1.807, 2.05) is 0 Å². The molecule has 3 aliphatic rings. The van der Waals surface area contributed by atoms with Gasteiger partial charge in [-0.25, -0.2) is 4.98 Å². The van der Waals surface area contributed by atoms with Gasteiger partial charge in [-0.3, -0.25) is 4.90 Å². The normalized spacial score (nSPS) is 15.4. The second-order valence-corrected chi connectivity index (χ2v) is 15.4. The number of anilines is 3. The maximum absolute atomic E-state index is 7.20. The van der Waals surface area contributed by atoms with Gasteiger partial charge in [0, 0.05) is 21.9 Å². The monoisotopic (exact) mass is 739 g/mol. The summed E-state index contributed by atoms with van der Waals surface area (Å²) >= 11 is 0. The number of benzene rings is 8. The van der Waals surface area contributed by atoms with E-state index in [4.69, 9.17) is 9.72 Å². The summed E-state index contributed by atoms with van der Waals surface area (Å²) in [6.45, 7) is 0. The van der Waals surface area contributed by atoms with E-state index in [-0.39, 0.29) is 0 Å². The molecule has 10 aromatic rings. The van der Waals surface area contributed by atoms with Crippen molar-refractivity contribution in [2.24, 2.45) is 0 Å². The van der Waals surface area contributed by atoms with Crippen molar-refractivity contribution in [2.45, 2.75) is 5.41 Å². The van der Waals surface area contributed by atoms with Crippen LogP contribution in [0.4, 0.5) is 17.2 Å². The van der Waals surface area contributed by atoms with E-state index in [0.717, 1.165) is 56.6 Å². The van der Waals surface area contributed by atoms with Crippen molar-refractivity contribution in [3.05, 3.63) is 222 Å². The SMILES string of the molecule is c1ccc(-c2cc(-c3ccccc3)nc(N3c4ccccc4Oc4c3ccc3c4-c4ccccc4C34c3ccccc3-n3c5ccccc5c5cccc4c53)c2)cc1. The van der Waals surface area contributed by atoms with Gasteiger partial charge in [0.25, 0.3) is 0 Å². The Hall–Kier alpha value is -7.69. The van der Waals surface area contributed by atoms with Gasteiger partial charge in [-0.2, -0.15) is 0 Å². The molecule has 1 atom stereocenters. The number of aromatic nitrogens is 2. The minimum absolute atomic E-state index is 0.585. The van der Waals surface area contributed by atoms with Crippen LogP contribution in [0, 0.1) is 0 Å². The number of nitrogens with zero attached hydrogens (tertiary/aromatic N) is 3. The molecular formula is C54H33N3O. The van der Waals surface area contributed by atoms with Crippen molar-refractivity contribution in [3.63, 3.8) is 0 Å². The van der Waals surface area contributed by atoms with Crippen LogP contribution in [0.3, 0.4) is 0 Å². The Morgan fingerprint density at radius 3 is 1.98 bits per heavy atom. The first-order chi connectivity index (χ1) is 28.8. The summed E-state index contributed by atoms with van der Waals surface area (Å²) in [5.41, 5.74) is 16.5. The molecule has 0 radical (unpaired) electrons. The highest BCUT2D eigenvalue weighted by atomic mass is 16.5. The van der Waals surface area contributed by atoms with Crippen molar-refractivity contribution in [1.29, 1.82) is 0 Å². The summed E-state index contributed by atoms with van der Waals surface area (Å²) in [7, 11) is 0. The molecule has 4 heterocycles. The molecule has 1 spiro atoms. The summed E-state index contributed by atoms with van der Waals surface area (Å²) in [4.78, 5) is 7.74. The van der Waals surface area contributed by atoms with Crippen LogP contribution in [0.25, 0.3) is 61.0 Å². The molecule has 0 fully saturated rings. The van der Waals surface area contributed by atoms with Gasteiger partial charge >= 0.3 is 0 Å². The summed E-state index contributed by atoms with van der Waals surface area (Å²) in [6.07, 6.45) is 0. The van der Waals surface area contributed by atoms with Crippen LogP contribution in [0.2, 0.25) is 0 Å². The first-order valence-corrected chi connectivity index (χ1v) is 19.9. The minimum atomic E-state index is -0.585. The molecule has 1 unspecified atom stereocenters. The first-order valence-electron chi connectivity index (χ1n) is 19.9. The van der Waals surface area contributed by atoms with Crippen LogP contribution in [0.15, 0.2) is 200 Å². The third-order valence-electron chi connectivity index (χ3n) is 12.6. The fourth-order valence-electron chi connectivity index (χ4n) is 10.3. The zero-order valence-corrected chi connectivity index (χ0v) is 31.3. The Kier molecular flexibility index (Phi) is 6.34. The van der Waals surface area contributed by atoms with Crippen molar-refractivity contribution in [3.8, 4) is 50.7 Å². The number of fused-ring (bicyclic) bond motifs is 15. The minimum Gasteiger partial charge on any atom is -0.452 e. The van der Waals surface area contributed by atoms with E-state index in [0.29, 0.717) is 0 Å². The summed E-state index contributed by atoms with van der Waals surface area (Å²) < 4.78 is 9.69. The third kappa shape index (κ3) is 4.05. The number of ether oxygens (including phenoxy) is 1. The Morgan fingerprint density at radius 1 is 0.448 bits per heavy atom. The molecule has 0 N–H and O–H groups in total. The number of pyridine rings is 1. The highest BCUT2D eigenvalue weighted by molar-refractivity contribution is 6.13. The highest BCUT2D eigenvalue weighted by Crippen LogP contribution is 2.65. The number of hydrogen-bond donors (Lipinski definition) is 0. The predicted octanol–water partition coefficient (Wildman–Crippen LogP) is 13.8. The number of rotatable bonds is 3. The predicted molar refractivity (Wildman–Crippen MR) is 235 cm³/mol. The number of para-hydroxylation sites is 5. The van der Waals surface area contributed by atoms with Gasteiger partial charge in [-0.05, 0) is 81.4 Å². The van der Waals surface area contributed by atoms with Gasteiger partial charge in [0.1, 0.15) is 5.82 Å². The molecule has 1 aliphatic carbocycles. The lowest BCUT2D eigenvalue weighted by molar-refractivity contribution is 0.478. The summed E-state index contributed by atoms with van der Waals surface area (Å²) in [5.74, 6) is 2.46. The van der Waals surface area contributed by atoms with Crippen LogP contribution in [0.5, 0.6) is 11.5 Å². The molecule has 2 aliphatic heterocycles. The van der Waals surface area contributed by atoms with E-state index in [9.17, 15) is 0 Å². The largest absolute Gasteiger partial charge is 0.452 e. The Balaban J connectivity index is 1.12. The highest BCUT2D eigenvalue weighted by Gasteiger charge is 2.52. The molecule has 58 heavy (non-hydrogen) atoms. The molecular weight excluding hydrogens is 707 g/mol. The fraction of sp³-hybridized carbons (Fsp3) is 0.0185. The van der Waals surface area contributed by atoms with Gasteiger partial charge in [-0.1, -0.05) is 158 Å². The Bertz CT molecular complexity index is 3270. The lowest BCUT2D eigenvalue weighted by Crippen LogP contribution is -2.33. The van der Waals surface area contributed by atoms with Crippen LogP contribution in [-0.4, -0.2) is 9.55 Å². The zero-order chi connectivity index (χ0) is 38.0. The molecule has 0 bridgehead atoms. The smallest absolute Gasteiger partial charge is 0.159 e. The van der Waals surface area contributed by atoms with E-state index in [1.54, 1.807) is 0 Å². The molecule has 13 rings (SSSR count). The van der Waals surface area contributed by atoms with E-state index in [1.165, 1.54) is 55.3 Å². The molecule has 2 aromatic heterocycles. The second-order valence-electron chi connectivity index (χ2n) is 15.4. The fourth-order valence-corrected chi connectivity index (χ4v) is 10.3. The lowest BCUT2D eigenvalue weighted by atomic mass is 9.65. The quantitative estimate of drug-likeness (QED) is 0.181. The molecule has 4 nitrogen and oxygen atoms in total. The van der Waals surface area contributed by atoms with Crippen LogP contribution < -0.4 is 9.64 Å². The van der Waals surface area contributed by atoms with Gasteiger partial charge < -0.3 is 9.30 Å². The second kappa shape index (κ2) is 11.7. The maximum atomic E-state index is 7.20. The topological polar surface area (TPSA) is 30.3 Å². The van der Waals surface area contributed by atoms with E-state index in [2.05, 4.69) is 210 Å². The number of hydrogen-bond acceptors (Lipinski definition) is 3. The lowest BCUT2D eigenvalue weighted by Gasteiger charge is -2.40. The van der Waals surface area contributed by atoms with E-state index >= 15 is 0 Å². The van der Waals surface area contributed by atoms with Crippen LogP contribution >= 0.6 is 0 Å². The van der Waals surface area contributed by atoms with Gasteiger partial charge in [-0.15, -0.1) is 0 Å². The zero-order valence-electron chi connectivity index (χ0n) is 31.3. The molecule has 4 heteroatoms. The van der Waals surface area contributed by atoms with Gasteiger partial charge in [0.15, 0.2) is 11.5 Å². The summed E-state index contributed by atoms with van der Waals surface area (Å²) in [5, 5.41) is 2.53.